The summed E-state index contributed by atoms with van der Waals surface area (Å²) >= 11 is 0. The van der Waals surface area contributed by atoms with E-state index in [-0.39, 0.29) is 0 Å². The number of rotatable bonds is 9. The fourth-order valence-electron chi connectivity index (χ4n) is 4.46. The molecule has 0 amide bonds. The molecule has 3 aromatic rings. The van der Waals surface area contributed by atoms with E-state index in [1.165, 1.54) is 55.6 Å². The summed E-state index contributed by atoms with van der Waals surface area (Å²) in [6.07, 6.45) is 3.88. The molecule has 1 aliphatic heterocycles. The molecule has 0 aromatic heterocycles. The molecule has 0 bridgehead atoms. The van der Waals surface area contributed by atoms with Crippen molar-refractivity contribution < 1.29 is 0 Å². The fourth-order valence-corrected chi connectivity index (χ4v) is 4.46. The lowest BCUT2D eigenvalue weighted by Crippen LogP contribution is -2.31. The summed E-state index contributed by atoms with van der Waals surface area (Å²) < 4.78 is 0. The lowest BCUT2D eigenvalue weighted by molar-refractivity contribution is 0.154. The van der Waals surface area contributed by atoms with E-state index in [9.17, 15) is 0 Å². The predicted molar refractivity (Wildman–Crippen MR) is 122 cm³/mol. The summed E-state index contributed by atoms with van der Waals surface area (Å²) in [6, 6.07) is 33.3. The van der Waals surface area contributed by atoms with Crippen molar-refractivity contribution in [1.82, 2.24) is 9.80 Å². The minimum absolute atomic E-state index is 0.414. The molecule has 1 saturated heterocycles. The van der Waals surface area contributed by atoms with Crippen LogP contribution in [0.1, 0.15) is 42.0 Å². The largest absolute Gasteiger partial charge is 0.303 e. The Morgan fingerprint density at radius 2 is 1.14 bits per heavy atom. The molecule has 0 saturated carbocycles. The summed E-state index contributed by atoms with van der Waals surface area (Å²) in [6.45, 7) is 5.64. The van der Waals surface area contributed by atoms with Gasteiger partial charge in [-0.25, -0.2) is 0 Å². The molecule has 1 heterocycles. The topological polar surface area (TPSA) is 6.48 Å². The zero-order valence-corrected chi connectivity index (χ0v) is 17.3. The molecule has 2 heteroatoms. The summed E-state index contributed by atoms with van der Waals surface area (Å²) in [7, 11) is 0. The fraction of sp³-hybridized carbons (Fsp3) is 0.333. The van der Waals surface area contributed by atoms with Crippen molar-refractivity contribution in [1.29, 1.82) is 0 Å². The van der Waals surface area contributed by atoms with E-state index in [2.05, 4.69) is 101 Å². The quantitative estimate of drug-likeness (QED) is 0.452. The molecule has 1 fully saturated rings. The van der Waals surface area contributed by atoms with E-state index in [0.29, 0.717) is 6.04 Å². The van der Waals surface area contributed by atoms with Crippen LogP contribution in [0.5, 0.6) is 0 Å². The molecule has 2 nitrogen and oxygen atoms in total. The lowest BCUT2D eigenvalue weighted by atomic mass is 9.99. The van der Waals surface area contributed by atoms with Gasteiger partial charge in [-0.2, -0.15) is 0 Å². The first-order valence-electron chi connectivity index (χ1n) is 11.0. The highest BCUT2D eigenvalue weighted by Crippen LogP contribution is 2.29. The van der Waals surface area contributed by atoms with Crippen molar-refractivity contribution in [2.45, 2.75) is 38.4 Å². The highest BCUT2D eigenvalue weighted by molar-refractivity contribution is 5.22. The minimum Gasteiger partial charge on any atom is -0.303 e. The van der Waals surface area contributed by atoms with Crippen LogP contribution in [0.2, 0.25) is 0 Å². The van der Waals surface area contributed by atoms with Gasteiger partial charge in [0.2, 0.25) is 0 Å². The number of nitrogens with zero attached hydrogens (tertiary/aromatic N) is 2. The molecule has 150 valence electrons. The van der Waals surface area contributed by atoms with Gasteiger partial charge in [-0.05, 0) is 55.6 Å². The molecular formula is C27H32N2. The van der Waals surface area contributed by atoms with Crippen LogP contribution in [-0.4, -0.2) is 29.4 Å². The van der Waals surface area contributed by atoms with E-state index in [1.54, 1.807) is 0 Å². The van der Waals surface area contributed by atoms with Crippen LogP contribution in [0.15, 0.2) is 91.0 Å². The van der Waals surface area contributed by atoms with Crippen LogP contribution < -0.4 is 0 Å². The van der Waals surface area contributed by atoms with E-state index in [0.717, 1.165) is 13.1 Å². The first-order valence-corrected chi connectivity index (χ1v) is 11.0. The van der Waals surface area contributed by atoms with Crippen molar-refractivity contribution in [2.75, 3.05) is 19.6 Å². The first-order chi connectivity index (χ1) is 14.4. The molecule has 1 aliphatic rings. The Bertz CT molecular complexity index is 785. The number of hydrogen-bond acceptors (Lipinski definition) is 2. The van der Waals surface area contributed by atoms with Crippen LogP contribution in [0.25, 0.3) is 0 Å². The Hall–Kier alpha value is -2.42. The Kier molecular flexibility index (Phi) is 7.12. The monoisotopic (exact) mass is 384 g/mol. The van der Waals surface area contributed by atoms with Gasteiger partial charge in [-0.15, -0.1) is 0 Å². The van der Waals surface area contributed by atoms with Crippen LogP contribution in [0.3, 0.4) is 0 Å². The second-order valence-electron chi connectivity index (χ2n) is 8.14. The third-order valence-electron chi connectivity index (χ3n) is 6.00. The third kappa shape index (κ3) is 5.79. The second-order valence-corrected chi connectivity index (χ2v) is 8.14. The minimum atomic E-state index is 0.414. The van der Waals surface area contributed by atoms with E-state index in [1.807, 2.05) is 0 Å². The molecule has 29 heavy (non-hydrogen) atoms. The average Bonchev–Trinajstić information content (AvgIpc) is 3.30. The van der Waals surface area contributed by atoms with Crippen molar-refractivity contribution in [3.63, 3.8) is 0 Å². The number of benzene rings is 3. The summed E-state index contributed by atoms with van der Waals surface area (Å²) in [5.41, 5.74) is 4.19. The predicted octanol–water partition coefficient (Wildman–Crippen LogP) is 5.92. The molecule has 0 aliphatic carbocycles. The van der Waals surface area contributed by atoms with Gasteiger partial charge in [0.15, 0.2) is 0 Å². The van der Waals surface area contributed by atoms with Crippen LogP contribution in [-0.2, 0) is 13.1 Å². The van der Waals surface area contributed by atoms with Crippen molar-refractivity contribution in [2.24, 2.45) is 0 Å². The van der Waals surface area contributed by atoms with Gasteiger partial charge in [-0.1, -0.05) is 91.0 Å². The average molecular weight is 385 g/mol. The number of likely N-dealkylation sites (tertiary alicyclic amines) is 1. The van der Waals surface area contributed by atoms with Gasteiger partial charge in [0.25, 0.3) is 0 Å². The van der Waals surface area contributed by atoms with Crippen molar-refractivity contribution in [3.8, 4) is 0 Å². The van der Waals surface area contributed by atoms with Gasteiger partial charge < -0.3 is 4.90 Å². The normalized spacial score (nSPS) is 15.6. The third-order valence-corrected chi connectivity index (χ3v) is 6.00. The smallest absolute Gasteiger partial charge is 0.0367 e. The van der Waals surface area contributed by atoms with Gasteiger partial charge in [0.1, 0.15) is 0 Å². The van der Waals surface area contributed by atoms with Crippen molar-refractivity contribution >= 4 is 0 Å². The van der Waals surface area contributed by atoms with Crippen LogP contribution in [0.4, 0.5) is 0 Å². The SMILES string of the molecule is c1ccc(CN(Cc2ccccc2)C(CCN2CCCC2)c2ccccc2)cc1. The van der Waals surface area contributed by atoms with Crippen LogP contribution in [0, 0.1) is 0 Å². The maximum atomic E-state index is 2.66. The van der Waals surface area contributed by atoms with E-state index >= 15 is 0 Å². The lowest BCUT2D eigenvalue weighted by Gasteiger charge is -2.33. The molecule has 0 spiro atoms. The number of hydrogen-bond donors (Lipinski definition) is 0. The highest BCUT2D eigenvalue weighted by atomic mass is 15.2. The molecule has 3 aromatic carbocycles. The van der Waals surface area contributed by atoms with Gasteiger partial charge in [0.05, 0.1) is 0 Å². The maximum Gasteiger partial charge on any atom is 0.0367 e. The van der Waals surface area contributed by atoms with Gasteiger partial charge in [0, 0.05) is 19.1 Å². The second kappa shape index (κ2) is 10.4. The Morgan fingerprint density at radius 1 is 0.655 bits per heavy atom. The zero-order valence-electron chi connectivity index (χ0n) is 17.3. The molecule has 0 N–H and O–H groups in total. The first kappa shape index (κ1) is 19.9. The Labute approximate surface area is 175 Å². The standard InChI is InChI=1S/C27H32N2/c1-4-12-24(13-5-1)22-29(23-25-14-6-2-7-15-25)27(26-16-8-3-9-17-26)18-21-28-19-10-11-20-28/h1-9,12-17,27H,10-11,18-23H2. The molecule has 0 radical (unpaired) electrons. The highest BCUT2D eigenvalue weighted by Gasteiger charge is 2.23. The van der Waals surface area contributed by atoms with E-state index in [4.69, 9.17) is 0 Å². The van der Waals surface area contributed by atoms with Gasteiger partial charge in [-0.3, -0.25) is 4.90 Å². The zero-order chi connectivity index (χ0) is 19.7. The molecular weight excluding hydrogens is 352 g/mol. The van der Waals surface area contributed by atoms with E-state index < -0.39 is 0 Å². The summed E-state index contributed by atoms with van der Waals surface area (Å²) in [4.78, 5) is 5.30. The molecule has 4 rings (SSSR count). The van der Waals surface area contributed by atoms with Crippen LogP contribution >= 0.6 is 0 Å². The summed E-state index contributed by atoms with van der Waals surface area (Å²) in [5.74, 6) is 0. The maximum absolute atomic E-state index is 2.66. The summed E-state index contributed by atoms with van der Waals surface area (Å²) in [5, 5.41) is 0. The van der Waals surface area contributed by atoms with Gasteiger partial charge >= 0.3 is 0 Å². The molecule has 1 atom stereocenters. The Morgan fingerprint density at radius 3 is 1.66 bits per heavy atom. The van der Waals surface area contributed by atoms with Crippen molar-refractivity contribution in [3.05, 3.63) is 108 Å². The Balaban J connectivity index is 1.60. The molecule has 1 unspecified atom stereocenters.